The van der Waals surface area contributed by atoms with Gasteiger partial charge in [-0.1, -0.05) is 12.1 Å². The molecule has 0 aliphatic rings. The van der Waals surface area contributed by atoms with Crippen LogP contribution in [-0.2, 0) is 11.2 Å². The molecule has 0 saturated carbocycles. The zero-order chi connectivity index (χ0) is 14.3. The molecule has 20 heavy (non-hydrogen) atoms. The lowest BCUT2D eigenvalue weighted by Crippen LogP contribution is -2.21. The molecule has 1 aromatic carbocycles. The van der Waals surface area contributed by atoms with E-state index in [2.05, 4.69) is 9.97 Å². The third kappa shape index (κ3) is 1.85. The quantitative estimate of drug-likeness (QED) is 0.755. The average Bonchev–Trinajstić information content (AvgIpc) is 2.75. The number of rotatable bonds is 3. The molecule has 3 aromatic rings. The summed E-state index contributed by atoms with van der Waals surface area (Å²) in [5, 5.41) is 8.77. The van der Waals surface area contributed by atoms with Crippen molar-refractivity contribution in [1.82, 2.24) is 14.4 Å². The lowest BCUT2D eigenvalue weighted by molar-refractivity contribution is -0.136. The lowest BCUT2D eigenvalue weighted by Gasteiger charge is -2.05. The summed E-state index contributed by atoms with van der Waals surface area (Å²) < 4.78 is 1.50. The molecule has 3 rings (SSSR count). The second kappa shape index (κ2) is 4.48. The van der Waals surface area contributed by atoms with Crippen LogP contribution in [0.4, 0.5) is 0 Å². The molecule has 0 amide bonds. The summed E-state index contributed by atoms with van der Waals surface area (Å²) in [7, 11) is 0. The predicted octanol–water partition coefficient (Wildman–Crippen LogP) is 1.50. The van der Waals surface area contributed by atoms with E-state index in [0.29, 0.717) is 17.0 Å². The molecule has 6 heteroatoms. The first-order chi connectivity index (χ1) is 9.58. The number of hydrogen-bond donors (Lipinski definition) is 2. The first-order valence-corrected chi connectivity index (χ1v) is 6.28. The van der Waals surface area contributed by atoms with Gasteiger partial charge in [0.05, 0.1) is 11.0 Å². The summed E-state index contributed by atoms with van der Waals surface area (Å²) >= 11 is 0. The summed E-state index contributed by atoms with van der Waals surface area (Å²) in [4.78, 5) is 30.7. The van der Waals surface area contributed by atoms with Gasteiger partial charge in [0.25, 0.3) is 5.56 Å². The maximum Gasteiger partial charge on any atom is 0.303 e. The first-order valence-electron chi connectivity index (χ1n) is 6.28. The first kappa shape index (κ1) is 12.4. The number of aryl methyl sites for hydroxylation is 1. The highest BCUT2D eigenvalue weighted by Crippen LogP contribution is 2.14. The van der Waals surface area contributed by atoms with E-state index < -0.39 is 5.97 Å². The third-order valence-corrected chi connectivity index (χ3v) is 3.36. The van der Waals surface area contributed by atoms with Crippen molar-refractivity contribution in [2.24, 2.45) is 0 Å². The number of aromatic amines is 1. The van der Waals surface area contributed by atoms with Crippen LogP contribution < -0.4 is 5.56 Å². The summed E-state index contributed by atoms with van der Waals surface area (Å²) in [6, 6.07) is 7.35. The van der Waals surface area contributed by atoms with Crippen molar-refractivity contribution in [3.63, 3.8) is 0 Å². The highest BCUT2D eigenvalue weighted by molar-refractivity contribution is 5.79. The largest absolute Gasteiger partial charge is 0.481 e. The highest BCUT2D eigenvalue weighted by Gasteiger charge is 2.14. The van der Waals surface area contributed by atoms with Crippen LogP contribution in [0.15, 0.2) is 29.1 Å². The normalized spacial score (nSPS) is 11.2. The number of hydrogen-bond acceptors (Lipinski definition) is 3. The van der Waals surface area contributed by atoms with Crippen molar-refractivity contribution in [1.29, 1.82) is 0 Å². The van der Waals surface area contributed by atoms with E-state index in [0.717, 1.165) is 11.0 Å². The van der Waals surface area contributed by atoms with Crippen LogP contribution in [0.3, 0.4) is 0 Å². The van der Waals surface area contributed by atoms with Crippen LogP contribution in [0, 0.1) is 6.92 Å². The molecule has 0 radical (unpaired) electrons. The molecule has 0 aliphatic carbocycles. The standard InChI is InChI=1S/C14H13N3O3/c1-8-9(6-7-12(18)19)13(20)17-11-5-3-2-4-10(11)16-14(17)15-8/h2-5H,6-7H2,1H3,(H,15,16)(H,18,19). The minimum absolute atomic E-state index is 0.0674. The number of H-pyrrole nitrogens is 1. The zero-order valence-corrected chi connectivity index (χ0v) is 10.9. The predicted molar refractivity (Wildman–Crippen MR) is 74.0 cm³/mol. The molecule has 102 valence electrons. The van der Waals surface area contributed by atoms with Crippen LogP contribution in [0.1, 0.15) is 17.7 Å². The Morgan fingerprint density at radius 1 is 1.40 bits per heavy atom. The van der Waals surface area contributed by atoms with E-state index in [4.69, 9.17) is 5.11 Å². The minimum atomic E-state index is -0.917. The van der Waals surface area contributed by atoms with Crippen LogP contribution in [0.5, 0.6) is 0 Å². The lowest BCUT2D eigenvalue weighted by atomic mass is 10.1. The molecule has 0 fully saturated rings. The van der Waals surface area contributed by atoms with Gasteiger partial charge in [-0.3, -0.25) is 9.59 Å². The monoisotopic (exact) mass is 271 g/mol. The number of benzene rings is 1. The number of aliphatic carboxylic acids is 1. The van der Waals surface area contributed by atoms with E-state index in [1.165, 1.54) is 4.40 Å². The van der Waals surface area contributed by atoms with Crippen molar-refractivity contribution >= 4 is 22.8 Å². The number of carboxylic acid groups (broad SMARTS) is 1. The van der Waals surface area contributed by atoms with E-state index in [1.54, 1.807) is 6.92 Å². The van der Waals surface area contributed by atoms with Gasteiger partial charge in [0.1, 0.15) is 0 Å². The van der Waals surface area contributed by atoms with Gasteiger partial charge in [-0.25, -0.2) is 9.38 Å². The molecular weight excluding hydrogens is 258 g/mol. The van der Waals surface area contributed by atoms with Crippen LogP contribution in [-0.4, -0.2) is 25.4 Å². The number of para-hydroxylation sites is 2. The number of imidazole rings is 1. The van der Waals surface area contributed by atoms with Crippen LogP contribution in [0.2, 0.25) is 0 Å². The van der Waals surface area contributed by atoms with Gasteiger partial charge in [0.2, 0.25) is 5.78 Å². The Hall–Kier alpha value is -2.63. The summed E-state index contributed by atoms with van der Waals surface area (Å²) in [6.45, 7) is 1.76. The molecule has 2 heterocycles. The Morgan fingerprint density at radius 3 is 2.90 bits per heavy atom. The molecule has 0 atom stereocenters. The molecule has 0 spiro atoms. The van der Waals surface area contributed by atoms with Crippen molar-refractivity contribution in [2.45, 2.75) is 19.8 Å². The number of fused-ring (bicyclic) bond motifs is 3. The van der Waals surface area contributed by atoms with Crippen molar-refractivity contribution in [3.05, 3.63) is 45.9 Å². The summed E-state index contributed by atoms with van der Waals surface area (Å²) in [5.41, 5.74) is 2.41. The second-order valence-corrected chi connectivity index (χ2v) is 4.69. The van der Waals surface area contributed by atoms with Crippen LogP contribution in [0.25, 0.3) is 16.8 Å². The van der Waals surface area contributed by atoms with E-state index in [-0.39, 0.29) is 18.4 Å². The van der Waals surface area contributed by atoms with Crippen LogP contribution >= 0.6 is 0 Å². The Labute approximate surface area is 113 Å². The van der Waals surface area contributed by atoms with Gasteiger partial charge < -0.3 is 10.1 Å². The molecule has 0 bridgehead atoms. The molecule has 0 aliphatic heterocycles. The van der Waals surface area contributed by atoms with Gasteiger partial charge in [-0.2, -0.15) is 0 Å². The summed E-state index contributed by atoms with van der Waals surface area (Å²) in [6.07, 6.45) is 0.140. The number of carboxylic acids is 1. The minimum Gasteiger partial charge on any atom is -0.481 e. The summed E-state index contributed by atoms with van der Waals surface area (Å²) in [5.74, 6) is -0.438. The number of carbonyl (C=O) groups is 1. The molecule has 0 unspecified atom stereocenters. The third-order valence-electron chi connectivity index (χ3n) is 3.36. The number of aromatic nitrogens is 3. The molecule has 2 aromatic heterocycles. The average molecular weight is 271 g/mol. The SMILES string of the molecule is Cc1[nH]c2nc3ccccc3n2c(=O)c1CCC(=O)O. The fourth-order valence-electron chi connectivity index (χ4n) is 2.38. The number of nitrogens with zero attached hydrogens (tertiary/aromatic N) is 2. The highest BCUT2D eigenvalue weighted by atomic mass is 16.4. The zero-order valence-electron chi connectivity index (χ0n) is 10.9. The molecule has 0 saturated heterocycles. The van der Waals surface area contributed by atoms with Gasteiger partial charge in [0.15, 0.2) is 0 Å². The second-order valence-electron chi connectivity index (χ2n) is 4.69. The fraction of sp³-hybridized carbons (Fsp3) is 0.214. The molecule has 6 nitrogen and oxygen atoms in total. The molecular formula is C14H13N3O3. The van der Waals surface area contributed by atoms with E-state index in [1.807, 2.05) is 24.3 Å². The molecule has 2 N–H and O–H groups in total. The van der Waals surface area contributed by atoms with Crippen molar-refractivity contribution < 1.29 is 9.90 Å². The fourth-order valence-corrected chi connectivity index (χ4v) is 2.38. The Morgan fingerprint density at radius 2 is 2.15 bits per heavy atom. The maximum atomic E-state index is 12.5. The number of nitrogens with one attached hydrogen (secondary N) is 1. The van der Waals surface area contributed by atoms with Crippen molar-refractivity contribution in [3.8, 4) is 0 Å². The van der Waals surface area contributed by atoms with Gasteiger partial charge >= 0.3 is 5.97 Å². The smallest absolute Gasteiger partial charge is 0.303 e. The Kier molecular flexibility index (Phi) is 2.78. The maximum absolute atomic E-state index is 12.5. The van der Waals surface area contributed by atoms with E-state index in [9.17, 15) is 9.59 Å². The Bertz CT molecular complexity index is 876. The van der Waals surface area contributed by atoms with Gasteiger partial charge in [-0.15, -0.1) is 0 Å². The van der Waals surface area contributed by atoms with Crippen molar-refractivity contribution in [2.75, 3.05) is 0 Å². The topological polar surface area (TPSA) is 87.5 Å². The Balaban J connectivity index is 2.29. The van der Waals surface area contributed by atoms with Gasteiger partial charge in [0, 0.05) is 17.7 Å². The van der Waals surface area contributed by atoms with Gasteiger partial charge in [-0.05, 0) is 25.5 Å². The van der Waals surface area contributed by atoms with E-state index >= 15 is 0 Å².